The second kappa shape index (κ2) is 4.47. The summed E-state index contributed by atoms with van der Waals surface area (Å²) in [6.07, 6.45) is 3.65. The van der Waals surface area contributed by atoms with Crippen molar-refractivity contribution in [2.75, 3.05) is 0 Å². The highest BCUT2D eigenvalue weighted by atomic mass is 79.9. The molecule has 0 fully saturated rings. The average Bonchev–Trinajstić information content (AvgIpc) is 2.75. The van der Waals surface area contributed by atoms with Gasteiger partial charge in [0.1, 0.15) is 0 Å². The monoisotopic (exact) mass is 285 g/mol. The molecule has 0 radical (unpaired) electrons. The Kier molecular flexibility index (Phi) is 3.23. The number of hydrogen-bond acceptors (Lipinski definition) is 3. The highest BCUT2D eigenvalue weighted by Gasteiger charge is 2.07. The molecule has 2 aromatic rings. The zero-order valence-electron chi connectivity index (χ0n) is 8.35. The molecule has 80 valence electrons. The molecule has 0 bridgehead atoms. The molecule has 0 saturated carbocycles. The van der Waals surface area contributed by atoms with Crippen molar-refractivity contribution >= 4 is 27.3 Å². The molecule has 0 aromatic carbocycles. The highest BCUT2D eigenvalue weighted by Crippen LogP contribution is 2.21. The summed E-state index contributed by atoms with van der Waals surface area (Å²) in [7, 11) is 0. The zero-order chi connectivity index (χ0) is 10.8. The summed E-state index contributed by atoms with van der Waals surface area (Å²) in [4.78, 5) is 5.42. The summed E-state index contributed by atoms with van der Waals surface area (Å²) in [5, 5.41) is 2.08. The van der Waals surface area contributed by atoms with Gasteiger partial charge in [-0.2, -0.15) is 0 Å². The van der Waals surface area contributed by atoms with Crippen molar-refractivity contribution in [1.82, 2.24) is 9.55 Å². The van der Waals surface area contributed by atoms with Crippen LogP contribution in [0.2, 0.25) is 0 Å². The third kappa shape index (κ3) is 2.48. The van der Waals surface area contributed by atoms with Crippen molar-refractivity contribution < 1.29 is 0 Å². The van der Waals surface area contributed by atoms with Gasteiger partial charge in [-0.1, -0.05) is 0 Å². The minimum absolute atomic E-state index is 0.0240. The van der Waals surface area contributed by atoms with Gasteiger partial charge in [0.2, 0.25) is 0 Å². The first-order valence-corrected chi connectivity index (χ1v) is 6.32. The maximum absolute atomic E-state index is 5.85. The Balaban J connectivity index is 2.20. The van der Waals surface area contributed by atoms with Crippen LogP contribution in [-0.4, -0.2) is 9.55 Å². The molecule has 0 amide bonds. The third-order valence-electron chi connectivity index (χ3n) is 2.16. The van der Waals surface area contributed by atoms with E-state index in [-0.39, 0.29) is 6.04 Å². The minimum atomic E-state index is 0.0240. The Labute approximate surface area is 101 Å². The highest BCUT2D eigenvalue weighted by molar-refractivity contribution is 9.10. The van der Waals surface area contributed by atoms with Crippen LogP contribution >= 0.6 is 27.3 Å². The van der Waals surface area contributed by atoms with Crippen LogP contribution in [-0.2, 0) is 6.54 Å². The van der Waals surface area contributed by atoms with Crippen molar-refractivity contribution in [2.24, 2.45) is 5.73 Å². The Morgan fingerprint density at radius 3 is 3.07 bits per heavy atom. The standard InChI is InChI=1S/C10H12BrN3S/c1-7(12)10-3-13-6-14(10)4-9-2-8(11)5-15-9/h2-3,5-7H,4,12H2,1H3. The average molecular weight is 286 g/mol. The Morgan fingerprint density at radius 2 is 2.47 bits per heavy atom. The van der Waals surface area contributed by atoms with Crippen molar-refractivity contribution in [3.05, 3.63) is 39.0 Å². The molecule has 2 heterocycles. The Morgan fingerprint density at radius 1 is 1.67 bits per heavy atom. The van der Waals surface area contributed by atoms with Crippen LogP contribution in [0.3, 0.4) is 0 Å². The fourth-order valence-electron chi connectivity index (χ4n) is 1.45. The first kappa shape index (κ1) is 10.9. The fourth-order valence-corrected chi connectivity index (χ4v) is 2.90. The molecule has 1 unspecified atom stereocenters. The molecule has 0 spiro atoms. The summed E-state index contributed by atoms with van der Waals surface area (Å²) in [6, 6.07) is 2.14. The van der Waals surface area contributed by atoms with Crippen LogP contribution in [0.25, 0.3) is 0 Å². The van der Waals surface area contributed by atoms with E-state index in [1.165, 1.54) is 4.88 Å². The molecule has 2 rings (SSSR count). The van der Waals surface area contributed by atoms with Gasteiger partial charge in [-0.05, 0) is 28.9 Å². The van der Waals surface area contributed by atoms with Crippen molar-refractivity contribution in [3.63, 3.8) is 0 Å². The van der Waals surface area contributed by atoms with Crippen LogP contribution in [0.4, 0.5) is 0 Å². The van der Waals surface area contributed by atoms with Crippen LogP contribution in [0.1, 0.15) is 23.5 Å². The third-order valence-corrected chi connectivity index (χ3v) is 3.84. The summed E-state index contributed by atoms with van der Waals surface area (Å²) in [5.41, 5.74) is 6.92. The smallest absolute Gasteiger partial charge is 0.0952 e. The van der Waals surface area contributed by atoms with Gasteiger partial charge in [0.25, 0.3) is 0 Å². The van der Waals surface area contributed by atoms with E-state index in [1.54, 1.807) is 11.3 Å². The molecule has 0 aliphatic carbocycles. The topological polar surface area (TPSA) is 43.8 Å². The van der Waals surface area contributed by atoms with Gasteiger partial charge in [-0.15, -0.1) is 11.3 Å². The van der Waals surface area contributed by atoms with E-state index < -0.39 is 0 Å². The lowest BCUT2D eigenvalue weighted by Crippen LogP contribution is -2.11. The molecule has 2 aromatic heterocycles. The number of rotatable bonds is 3. The molecule has 2 N–H and O–H groups in total. The lowest BCUT2D eigenvalue weighted by atomic mass is 10.2. The summed E-state index contributed by atoms with van der Waals surface area (Å²) in [6.45, 7) is 2.81. The fraction of sp³-hybridized carbons (Fsp3) is 0.300. The lowest BCUT2D eigenvalue weighted by molar-refractivity contribution is 0.679. The molecular weight excluding hydrogens is 274 g/mol. The van der Waals surface area contributed by atoms with E-state index in [0.717, 1.165) is 16.7 Å². The first-order valence-electron chi connectivity index (χ1n) is 4.65. The van der Waals surface area contributed by atoms with Crippen LogP contribution in [0.15, 0.2) is 28.4 Å². The van der Waals surface area contributed by atoms with Gasteiger partial charge in [0.05, 0.1) is 18.6 Å². The van der Waals surface area contributed by atoms with Crippen LogP contribution in [0, 0.1) is 0 Å². The van der Waals surface area contributed by atoms with E-state index >= 15 is 0 Å². The van der Waals surface area contributed by atoms with Crippen molar-refractivity contribution in [1.29, 1.82) is 0 Å². The maximum atomic E-state index is 5.85. The molecule has 0 saturated heterocycles. The molecule has 0 aliphatic heterocycles. The largest absolute Gasteiger partial charge is 0.328 e. The van der Waals surface area contributed by atoms with E-state index in [1.807, 2.05) is 19.4 Å². The number of imidazole rings is 1. The van der Waals surface area contributed by atoms with E-state index in [9.17, 15) is 0 Å². The van der Waals surface area contributed by atoms with Gasteiger partial charge >= 0.3 is 0 Å². The normalized spacial score (nSPS) is 13.0. The number of aromatic nitrogens is 2. The van der Waals surface area contributed by atoms with Gasteiger partial charge in [-0.3, -0.25) is 0 Å². The number of nitrogens with two attached hydrogens (primary N) is 1. The predicted molar refractivity (Wildman–Crippen MR) is 66.0 cm³/mol. The maximum Gasteiger partial charge on any atom is 0.0952 e. The molecule has 0 aliphatic rings. The Bertz CT molecular complexity index is 447. The van der Waals surface area contributed by atoms with Gasteiger partial charge < -0.3 is 10.3 Å². The molecule has 5 heteroatoms. The summed E-state index contributed by atoms with van der Waals surface area (Å²) >= 11 is 5.18. The summed E-state index contributed by atoms with van der Waals surface area (Å²) in [5.74, 6) is 0. The predicted octanol–water partition coefficient (Wildman–Crippen LogP) is 2.78. The number of hydrogen-bond donors (Lipinski definition) is 1. The van der Waals surface area contributed by atoms with Gasteiger partial charge in [0, 0.05) is 27.0 Å². The van der Waals surface area contributed by atoms with Crippen LogP contribution < -0.4 is 5.73 Å². The minimum Gasteiger partial charge on any atom is -0.328 e. The number of halogens is 1. The second-order valence-electron chi connectivity index (χ2n) is 3.47. The molecular formula is C10H12BrN3S. The summed E-state index contributed by atoms with van der Waals surface area (Å²) < 4.78 is 3.22. The molecule has 15 heavy (non-hydrogen) atoms. The quantitative estimate of drug-likeness (QED) is 0.943. The van der Waals surface area contributed by atoms with E-state index in [2.05, 4.69) is 36.9 Å². The van der Waals surface area contributed by atoms with Crippen molar-refractivity contribution in [3.8, 4) is 0 Å². The molecule has 1 atom stereocenters. The zero-order valence-corrected chi connectivity index (χ0v) is 10.8. The number of nitrogens with zero attached hydrogens (tertiary/aromatic N) is 2. The SMILES string of the molecule is CC(N)c1cncn1Cc1cc(Br)cs1. The van der Waals surface area contributed by atoms with Gasteiger partial charge in [0.15, 0.2) is 0 Å². The van der Waals surface area contributed by atoms with E-state index in [4.69, 9.17) is 5.73 Å². The van der Waals surface area contributed by atoms with E-state index in [0.29, 0.717) is 0 Å². The number of thiophene rings is 1. The van der Waals surface area contributed by atoms with Crippen molar-refractivity contribution in [2.45, 2.75) is 19.5 Å². The first-order chi connectivity index (χ1) is 7.16. The van der Waals surface area contributed by atoms with Gasteiger partial charge in [-0.25, -0.2) is 4.98 Å². The Hall–Kier alpha value is -0.650. The lowest BCUT2D eigenvalue weighted by Gasteiger charge is -2.09. The molecule has 3 nitrogen and oxygen atoms in total. The van der Waals surface area contributed by atoms with Crippen LogP contribution in [0.5, 0.6) is 0 Å². The second-order valence-corrected chi connectivity index (χ2v) is 5.38.